The summed E-state index contributed by atoms with van der Waals surface area (Å²) in [6.07, 6.45) is 1.21. The number of thiophene rings is 1. The lowest BCUT2D eigenvalue weighted by Crippen LogP contribution is -2.16. The van der Waals surface area contributed by atoms with Gasteiger partial charge in [0.25, 0.3) is 0 Å². The average Bonchev–Trinajstić information content (AvgIpc) is 3.35. The molecule has 8 heteroatoms. The quantitative estimate of drug-likeness (QED) is 0.371. The third-order valence-electron chi connectivity index (χ3n) is 4.82. The van der Waals surface area contributed by atoms with Gasteiger partial charge in [0, 0.05) is 15.6 Å². The molecule has 0 atom stereocenters. The minimum absolute atomic E-state index is 0.294. The molecule has 4 rings (SSSR count). The first-order chi connectivity index (χ1) is 14.5. The molecule has 0 spiro atoms. The number of nitrogens with zero attached hydrogens (tertiary/aromatic N) is 2. The van der Waals surface area contributed by atoms with Crippen molar-refractivity contribution < 1.29 is 13.5 Å². The Kier molecular flexibility index (Phi) is 5.68. The van der Waals surface area contributed by atoms with Crippen LogP contribution in [0.4, 0.5) is 0 Å². The van der Waals surface area contributed by atoms with Gasteiger partial charge in [-0.3, -0.25) is 0 Å². The summed E-state index contributed by atoms with van der Waals surface area (Å²) in [5.74, 6) is 0. The van der Waals surface area contributed by atoms with Gasteiger partial charge in [0.05, 0.1) is 26.8 Å². The molecule has 0 bridgehead atoms. The molecule has 0 saturated carbocycles. The van der Waals surface area contributed by atoms with E-state index in [2.05, 4.69) is 21.0 Å². The Morgan fingerprint density at radius 2 is 1.71 bits per heavy atom. The summed E-state index contributed by atoms with van der Waals surface area (Å²) in [4.78, 5) is 2.20. The summed E-state index contributed by atoms with van der Waals surface area (Å²) in [6, 6.07) is 20.6. The van der Waals surface area contributed by atoms with Gasteiger partial charge in [-0.15, -0.1) is 11.3 Å². The number of halogens is 1. The standard InChI is InChI=1S/C23H21BrN2O3S2/c1-23(2,27)22-14-19(26(25-22)18-10-5-4-9-17(18)24)21-12-11-20(30-21)15-7-6-8-16(13-15)31(3,28)29/h4-14,27H,1-3H3. The van der Waals surface area contributed by atoms with Crippen LogP contribution in [0.5, 0.6) is 0 Å². The highest BCUT2D eigenvalue weighted by Gasteiger charge is 2.24. The molecule has 4 aromatic rings. The molecule has 31 heavy (non-hydrogen) atoms. The molecule has 5 nitrogen and oxygen atoms in total. The van der Waals surface area contributed by atoms with Crippen LogP contribution in [0.1, 0.15) is 19.5 Å². The third kappa shape index (κ3) is 4.52. The lowest BCUT2D eigenvalue weighted by molar-refractivity contribution is 0.0734. The van der Waals surface area contributed by atoms with Gasteiger partial charge in [-0.25, -0.2) is 13.1 Å². The SMILES string of the molecule is CC(C)(O)c1cc(-c2ccc(-c3cccc(S(C)(=O)=O)c3)s2)n(-c2ccccc2Br)n1. The molecule has 0 amide bonds. The first-order valence-electron chi connectivity index (χ1n) is 9.52. The van der Waals surface area contributed by atoms with Crippen molar-refractivity contribution in [2.24, 2.45) is 0 Å². The van der Waals surface area contributed by atoms with Crippen molar-refractivity contribution in [3.63, 3.8) is 0 Å². The molecule has 0 aliphatic rings. The number of rotatable bonds is 5. The zero-order valence-electron chi connectivity index (χ0n) is 17.2. The number of para-hydroxylation sites is 1. The Bertz CT molecular complexity index is 1370. The number of hydrogen-bond donors (Lipinski definition) is 1. The Labute approximate surface area is 194 Å². The van der Waals surface area contributed by atoms with E-state index in [-0.39, 0.29) is 0 Å². The third-order valence-corrected chi connectivity index (χ3v) is 7.76. The maximum absolute atomic E-state index is 11.9. The second kappa shape index (κ2) is 8.02. The van der Waals surface area contributed by atoms with Gasteiger partial charge in [-0.05, 0) is 77.8 Å². The van der Waals surface area contributed by atoms with Crippen molar-refractivity contribution in [2.45, 2.75) is 24.3 Å². The van der Waals surface area contributed by atoms with Gasteiger partial charge in [0.15, 0.2) is 9.84 Å². The van der Waals surface area contributed by atoms with Crippen molar-refractivity contribution in [2.75, 3.05) is 6.26 Å². The highest BCUT2D eigenvalue weighted by molar-refractivity contribution is 9.10. The van der Waals surface area contributed by atoms with E-state index in [1.165, 1.54) is 6.26 Å². The first kappa shape index (κ1) is 22.0. The topological polar surface area (TPSA) is 72.2 Å². The van der Waals surface area contributed by atoms with E-state index in [4.69, 9.17) is 0 Å². The maximum atomic E-state index is 11.9. The fourth-order valence-electron chi connectivity index (χ4n) is 3.17. The van der Waals surface area contributed by atoms with E-state index < -0.39 is 15.4 Å². The van der Waals surface area contributed by atoms with E-state index in [1.807, 2.05) is 53.2 Å². The fourth-order valence-corrected chi connectivity index (χ4v) is 5.30. The lowest BCUT2D eigenvalue weighted by Gasteiger charge is -2.13. The monoisotopic (exact) mass is 516 g/mol. The van der Waals surface area contributed by atoms with Crippen molar-refractivity contribution >= 4 is 37.1 Å². The number of hydrogen-bond acceptors (Lipinski definition) is 5. The molecule has 0 radical (unpaired) electrons. The summed E-state index contributed by atoms with van der Waals surface area (Å²) >= 11 is 5.14. The zero-order valence-corrected chi connectivity index (χ0v) is 20.4. The molecule has 0 fully saturated rings. The van der Waals surface area contributed by atoms with Crippen molar-refractivity contribution in [3.05, 3.63) is 76.9 Å². The van der Waals surface area contributed by atoms with E-state index in [0.29, 0.717) is 10.6 Å². The molecule has 0 saturated heterocycles. The second-order valence-corrected chi connectivity index (χ2v) is 11.8. The van der Waals surface area contributed by atoms with Crippen LogP contribution in [-0.2, 0) is 15.4 Å². The maximum Gasteiger partial charge on any atom is 0.175 e. The van der Waals surface area contributed by atoms with E-state index in [1.54, 1.807) is 43.4 Å². The van der Waals surface area contributed by atoms with Crippen molar-refractivity contribution in [3.8, 4) is 26.7 Å². The molecule has 0 aliphatic carbocycles. The van der Waals surface area contributed by atoms with Crippen LogP contribution in [0.3, 0.4) is 0 Å². The summed E-state index contributed by atoms with van der Waals surface area (Å²) < 4.78 is 26.6. The van der Waals surface area contributed by atoms with Crippen LogP contribution in [0.25, 0.3) is 26.7 Å². The normalized spacial score (nSPS) is 12.3. The minimum Gasteiger partial charge on any atom is -0.384 e. The van der Waals surface area contributed by atoms with Crippen LogP contribution in [0, 0.1) is 0 Å². The molecule has 0 aliphatic heterocycles. The van der Waals surface area contributed by atoms with Gasteiger partial charge < -0.3 is 5.11 Å². The van der Waals surface area contributed by atoms with Gasteiger partial charge >= 0.3 is 0 Å². The van der Waals surface area contributed by atoms with Gasteiger partial charge in [-0.2, -0.15) is 5.10 Å². The molecule has 0 unspecified atom stereocenters. The average molecular weight is 517 g/mol. The molecular formula is C23H21BrN2O3S2. The summed E-state index contributed by atoms with van der Waals surface area (Å²) in [5.41, 5.74) is 2.02. The molecule has 2 aromatic carbocycles. The zero-order chi connectivity index (χ0) is 22.4. The van der Waals surface area contributed by atoms with Crippen LogP contribution in [0.15, 0.2) is 76.1 Å². The summed E-state index contributed by atoms with van der Waals surface area (Å²) in [7, 11) is -3.28. The number of aromatic nitrogens is 2. The van der Waals surface area contributed by atoms with Crippen LogP contribution in [-0.4, -0.2) is 29.6 Å². The molecule has 1 N–H and O–H groups in total. The Hall–Kier alpha value is -2.26. The first-order valence-corrected chi connectivity index (χ1v) is 13.0. The van der Waals surface area contributed by atoms with Crippen molar-refractivity contribution in [1.29, 1.82) is 0 Å². The largest absolute Gasteiger partial charge is 0.384 e. The Morgan fingerprint density at radius 3 is 2.39 bits per heavy atom. The van der Waals surface area contributed by atoms with E-state index in [0.717, 1.165) is 31.2 Å². The number of benzene rings is 2. The van der Waals surface area contributed by atoms with Gasteiger partial charge in [0.2, 0.25) is 0 Å². The molecule has 2 aromatic heterocycles. The summed E-state index contributed by atoms with van der Waals surface area (Å²) in [5, 5.41) is 15.2. The van der Waals surface area contributed by atoms with Crippen LogP contribution < -0.4 is 0 Å². The molecule has 160 valence electrons. The lowest BCUT2D eigenvalue weighted by atomic mass is 10.1. The predicted octanol–water partition coefficient (Wildman–Crippen LogP) is 5.66. The summed E-state index contributed by atoms with van der Waals surface area (Å²) in [6.45, 7) is 3.42. The highest BCUT2D eigenvalue weighted by atomic mass is 79.9. The molecular weight excluding hydrogens is 496 g/mol. The van der Waals surface area contributed by atoms with E-state index >= 15 is 0 Å². The highest BCUT2D eigenvalue weighted by Crippen LogP contribution is 2.38. The molecule has 2 heterocycles. The minimum atomic E-state index is -3.28. The van der Waals surface area contributed by atoms with Gasteiger partial charge in [-0.1, -0.05) is 24.3 Å². The fraction of sp³-hybridized carbons (Fsp3) is 0.174. The Balaban J connectivity index is 1.84. The second-order valence-electron chi connectivity index (χ2n) is 7.80. The number of aliphatic hydroxyl groups is 1. The smallest absolute Gasteiger partial charge is 0.175 e. The van der Waals surface area contributed by atoms with Crippen LogP contribution >= 0.6 is 27.3 Å². The Morgan fingerprint density at radius 1 is 1.00 bits per heavy atom. The predicted molar refractivity (Wildman–Crippen MR) is 128 cm³/mol. The van der Waals surface area contributed by atoms with Gasteiger partial charge in [0.1, 0.15) is 5.60 Å². The van der Waals surface area contributed by atoms with Crippen molar-refractivity contribution in [1.82, 2.24) is 9.78 Å². The van der Waals surface area contributed by atoms with Crippen LogP contribution in [0.2, 0.25) is 0 Å². The van der Waals surface area contributed by atoms with E-state index in [9.17, 15) is 13.5 Å². The number of sulfone groups is 1.